The van der Waals surface area contributed by atoms with E-state index >= 15 is 0 Å². The molecule has 0 saturated carbocycles. The van der Waals surface area contributed by atoms with Crippen molar-refractivity contribution in [2.24, 2.45) is 10.7 Å². The molecule has 7 nitrogen and oxygen atoms in total. The minimum Gasteiger partial charge on any atom is -0.372 e. The lowest BCUT2D eigenvalue weighted by atomic mass is 10.1. The molecular weight excluding hydrogens is 374 g/mol. The third-order valence-corrected chi connectivity index (χ3v) is 4.48. The maximum Gasteiger partial charge on any atom is 0.253 e. The molecule has 8 heteroatoms. The molecule has 2 heterocycles. The number of carbonyl (C=O) groups excluding carboxylic acids is 1. The molecule has 1 amide bonds. The second-order valence-electron chi connectivity index (χ2n) is 5.83. The van der Waals surface area contributed by atoms with Gasteiger partial charge in [0, 0.05) is 36.9 Å². The van der Waals surface area contributed by atoms with Crippen LogP contribution in [0.25, 0.3) is 5.70 Å². The van der Waals surface area contributed by atoms with Crippen LogP contribution in [0.4, 0.5) is 11.5 Å². The topological polar surface area (TPSA) is 95.7 Å². The molecule has 24 heavy (non-hydrogen) atoms. The van der Waals surface area contributed by atoms with E-state index in [0.29, 0.717) is 11.5 Å². The molecule has 0 unspecified atom stereocenters. The molecule has 1 aromatic heterocycles. The van der Waals surface area contributed by atoms with Crippen LogP contribution in [0.15, 0.2) is 15.7 Å². The van der Waals surface area contributed by atoms with Gasteiger partial charge in [0.05, 0.1) is 16.9 Å². The number of aliphatic imine (C=N–C) groups is 1. The molecule has 2 atom stereocenters. The molecule has 4 N–H and O–H groups in total. The number of nitrogens with two attached hydrogens (primary N) is 1. The van der Waals surface area contributed by atoms with E-state index in [9.17, 15) is 4.79 Å². The fourth-order valence-corrected chi connectivity index (χ4v) is 3.20. The zero-order valence-corrected chi connectivity index (χ0v) is 15.8. The van der Waals surface area contributed by atoms with Crippen molar-refractivity contribution in [3.63, 3.8) is 0 Å². The maximum atomic E-state index is 12.2. The summed E-state index contributed by atoms with van der Waals surface area (Å²) in [5, 5.41) is 2.89. The second kappa shape index (κ2) is 7.96. The summed E-state index contributed by atoms with van der Waals surface area (Å²) in [6.45, 7) is 8.88. The van der Waals surface area contributed by atoms with Gasteiger partial charge in [-0.15, -0.1) is 0 Å². The summed E-state index contributed by atoms with van der Waals surface area (Å²) in [4.78, 5) is 21.5. The molecule has 1 saturated heterocycles. The van der Waals surface area contributed by atoms with Crippen molar-refractivity contribution >= 4 is 45.8 Å². The molecule has 0 aliphatic carbocycles. The van der Waals surface area contributed by atoms with Crippen LogP contribution >= 0.6 is 15.9 Å². The van der Waals surface area contributed by atoms with Crippen LogP contribution in [-0.2, 0) is 9.53 Å². The van der Waals surface area contributed by atoms with Crippen molar-refractivity contribution in [1.82, 2.24) is 9.88 Å². The van der Waals surface area contributed by atoms with Crippen LogP contribution < -0.4 is 11.1 Å². The van der Waals surface area contributed by atoms with Crippen molar-refractivity contribution in [2.75, 3.05) is 25.5 Å². The average molecular weight is 398 g/mol. The van der Waals surface area contributed by atoms with Crippen molar-refractivity contribution < 1.29 is 9.53 Å². The van der Waals surface area contributed by atoms with Gasteiger partial charge in [-0.3, -0.25) is 4.79 Å². The summed E-state index contributed by atoms with van der Waals surface area (Å²) < 4.78 is 6.01. The number of amides is 1. The molecule has 0 bridgehead atoms. The maximum absolute atomic E-state index is 12.2. The van der Waals surface area contributed by atoms with E-state index in [1.54, 1.807) is 13.1 Å². The molecule has 0 spiro atoms. The Morgan fingerprint density at radius 3 is 2.88 bits per heavy atom. The molecule has 1 aliphatic heterocycles. The lowest BCUT2D eigenvalue weighted by Gasteiger charge is -2.24. The number of nitrogens with zero attached hydrogens (tertiary/aromatic N) is 2. The average Bonchev–Trinajstić information content (AvgIpc) is 3.13. The van der Waals surface area contributed by atoms with E-state index in [2.05, 4.69) is 42.8 Å². The zero-order valence-electron chi connectivity index (χ0n) is 14.2. The third-order valence-electron chi connectivity index (χ3n) is 4.10. The van der Waals surface area contributed by atoms with Crippen molar-refractivity contribution in [1.29, 1.82) is 0 Å². The Bertz CT molecular complexity index is 651. The zero-order chi connectivity index (χ0) is 17.9. The number of ether oxygens (including phenoxy) is 1. The first-order valence-electron chi connectivity index (χ1n) is 7.78. The predicted octanol–water partition coefficient (Wildman–Crippen LogP) is 2.44. The minimum absolute atomic E-state index is 0.137. The summed E-state index contributed by atoms with van der Waals surface area (Å²) in [5.74, 6) is 0.378. The summed E-state index contributed by atoms with van der Waals surface area (Å²) in [6, 6.07) is 0.137. The van der Waals surface area contributed by atoms with Crippen molar-refractivity contribution in [3.8, 4) is 0 Å². The van der Waals surface area contributed by atoms with Crippen LogP contribution in [0.3, 0.4) is 0 Å². The van der Waals surface area contributed by atoms with Crippen LogP contribution in [0.5, 0.6) is 0 Å². The van der Waals surface area contributed by atoms with Crippen LogP contribution in [0.1, 0.15) is 25.8 Å². The number of hydrogen-bond donors (Lipinski definition) is 3. The van der Waals surface area contributed by atoms with Gasteiger partial charge in [-0.25, -0.2) is 4.99 Å². The van der Waals surface area contributed by atoms with Gasteiger partial charge in [0.15, 0.2) is 0 Å². The van der Waals surface area contributed by atoms with E-state index in [1.807, 2.05) is 6.92 Å². The number of nitrogens with one attached hydrogen (secondary N) is 2. The Kier molecular flexibility index (Phi) is 6.20. The Morgan fingerprint density at radius 2 is 2.38 bits per heavy atom. The SMILES string of the molecule is C=Nc1[nH]cc(NC(=O)[C@H](C)OC)c1/C(=C(\C)Br)N1CC[C@@H](N)C1. The number of carbonyl (C=O) groups is 1. The molecule has 132 valence electrons. The molecule has 2 rings (SSSR count). The van der Waals surface area contributed by atoms with Gasteiger partial charge < -0.3 is 25.7 Å². The predicted molar refractivity (Wildman–Crippen MR) is 101 cm³/mol. The van der Waals surface area contributed by atoms with Crippen LogP contribution in [0, 0.1) is 0 Å². The fraction of sp³-hybridized carbons (Fsp3) is 0.500. The van der Waals surface area contributed by atoms with Gasteiger partial charge in [-0.1, -0.05) is 15.9 Å². The number of allylic oxidation sites excluding steroid dienone is 1. The standard InChI is InChI=1S/C16H24BrN5O2/c1-9(17)14(22-6-5-11(18)8-22)13-12(7-20-15(13)19-3)21-16(23)10(2)24-4/h7,10-11,20H,3,5-6,8,18H2,1-2,4H3,(H,21,23)/b14-9-/t10-,11+/m0/s1. The Labute approximate surface area is 150 Å². The quantitative estimate of drug-likeness (QED) is 0.642. The molecule has 0 aromatic carbocycles. The third kappa shape index (κ3) is 3.88. The number of rotatable bonds is 6. The highest BCUT2D eigenvalue weighted by Gasteiger charge is 2.28. The number of anilines is 1. The van der Waals surface area contributed by atoms with E-state index in [4.69, 9.17) is 10.5 Å². The van der Waals surface area contributed by atoms with Gasteiger partial charge in [-0.2, -0.15) is 0 Å². The number of H-pyrrole nitrogens is 1. The first-order valence-corrected chi connectivity index (χ1v) is 8.57. The number of likely N-dealkylation sites (tertiary alicyclic amines) is 1. The number of halogens is 1. The summed E-state index contributed by atoms with van der Waals surface area (Å²) in [5.41, 5.74) is 8.44. The molecule has 1 aromatic rings. The number of methoxy groups -OCH3 is 1. The largest absolute Gasteiger partial charge is 0.372 e. The van der Waals surface area contributed by atoms with Gasteiger partial charge in [0.1, 0.15) is 11.9 Å². The van der Waals surface area contributed by atoms with Gasteiger partial charge in [-0.05, 0) is 27.0 Å². The summed E-state index contributed by atoms with van der Waals surface area (Å²) >= 11 is 3.58. The monoisotopic (exact) mass is 397 g/mol. The fourth-order valence-electron chi connectivity index (χ4n) is 2.76. The molecular formula is C16H24BrN5O2. The normalized spacial score (nSPS) is 19.9. The molecule has 0 radical (unpaired) electrons. The highest BCUT2D eigenvalue weighted by Crippen LogP contribution is 2.39. The van der Waals surface area contributed by atoms with Crippen molar-refractivity contribution in [2.45, 2.75) is 32.4 Å². The van der Waals surface area contributed by atoms with Gasteiger partial charge in [0.2, 0.25) is 0 Å². The Hall–Kier alpha value is -1.64. The Balaban J connectivity index is 2.43. The highest BCUT2D eigenvalue weighted by atomic mass is 79.9. The lowest BCUT2D eigenvalue weighted by molar-refractivity contribution is -0.124. The minimum atomic E-state index is -0.550. The van der Waals surface area contributed by atoms with E-state index in [-0.39, 0.29) is 11.9 Å². The van der Waals surface area contributed by atoms with E-state index < -0.39 is 6.10 Å². The first kappa shape index (κ1) is 18.7. The highest BCUT2D eigenvalue weighted by molar-refractivity contribution is 9.11. The Morgan fingerprint density at radius 1 is 1.67 bits per heavy atom. The molecule has 1 fully saturated rings. The van der Waals surface area contributed by atoms with Crippen molar-refractivity contribution in [3.05, 3.63) is 16.2 Å². The van der Waals surface area contributed by atoms with E-state index in [0.717, 1.165) is 35.3 Å². The first-order chi connectivity index (χ1) is 11.4. The van der Waals surface area contributed by atoms with Gasteiger partial charge >= 0.3 is 0 Å². The van der Waals surface area contributed by atoms with Gasteiger partial charge in [0.25, 0.3) is 5.91 Å². The number of aromatic amines is 1. The smallest absolute Gasteiger partial charge is 0.253 e. The second-order valence-corrected chi connectivity index (χ2v) is 7.02. The van der Waals surface area contributed by atoms with Crippen LogP contribution in [-0.4, -0.2) is 54.9 Å². The summed E-state index contributed by atoms with van der Waals surface area (Å²) in [6.07, 6.45) is 2.09. The number of hydrogen-bond acceptors (Lipinski definition) is 5. The lowest BCUT2D eigenvalue weighted by Crippen LogP contribution is -2.28. The molecule has 1 aliphatic rings. The summed E-state index contributed by atoms with van der Waals surface area (Å²) in [7, 11) is 1.50. The number of aromatic nitrogens is 1. The van der Waals surface area contributed by atoms with E-state index in [1.165, 1.54) is 7.11 Å². The van der Waals surface area contributed by atoms with Crippen LogP contribution in [0.2, 0.25) is 0 Å².